The SMILES string of the molecule is Nc1ncnc(C(=O)NC2CCCN(Cc3nc4cc(C(F)(F)F)ccc4[nH]3)C2)c1O. The van der Waals surface area contributed by atoms with E-state index in [1.807, 2.05) is 4.90 Å². The molecule has 1 amide bonds. The van der Waals surface area contributed by atoms with Crippen molar-refractivity contribution in [2.75, 3.05) is 18.8 Å². The number of anilines is 1. The Morgan fingerprint density at radius 3 is 2.94 bits per heavy atom. The summed E-state index contributed by atoms with van der Waals surface area (Å²) in [5.41, 5.74) is 5.35. The number of piperidine rings is 1. The standard InChI is InChI=1S/C19H20F3N7O2/c20-19(21,22)10-3-4-12-13(6-10)28-14(27-12)8-29-5-1-2-11(7-29)26-18(31)15-16(30)17(23)25-9-24-15/h3-4,6,9,11,30H,1-2,5,7-8H2,(H,26,31)(H,27,28)(H2,23,24,25). The summed E-state index contributed by atoms with van der Waals surface area (Å²) in [7, 11) is 0. The maximum absolute atomic E-state index is 12.9. The van der Waals surface area contributed by atoms with Gasteiger partial charge in [0.25, 0.3) is 5.91 Å². The number of carbonyl (C=O) groups is 1. The highest BCUT2D eigenvalue weighted by Crippen LogP contribution is 2.31. The molecule has 12 heteroatoms. The maximum atomic E-state index is 12.9. The number of alkyl halides is 3. The Balaban J connectivity index is 1.42. The van der Waals surface area contributed by atoms with E-state index >= 15 is 0 Å². The first-order valence-electron chi connectivity index (χ1n) is 9.59. The number of rotatable bonds is 4. The van der Waals surface area contributed by atoms with Crippen molar-refractivity contribution in [2.24, 2.45) is 0 Å². The Bertz CT molecular complexity index is 1120. The van der Waals surface area contributed by atoms with E-state index in [0.717, 1.165) is 37.8 Å². The lowest BCUT2D eigenvalue weighted by Gasteiger charge is -2.32. The Kier molecular flexibility index (Phi) is 5.39. The van der Waals surface area contributed by atoms with Gasteiger partial charge in [0.2, 0.25) is 0 Å². The zero-order valence-corrected chi connectivity index (χ0v) is 16.3. The highest BCUT2D eigenvalue weighted by Gasteiger charge is 2.31. The predicted molar refractivity (Wildman–Crippen MR) is 105 cm³/mol. The highest BCUT2D eigenvalue weighted by molar-refractivity contribution is 5.96. The number of aromatic hydroxyl groups is 1. The van der Waals surface area contributed by atoms with E-state index in [4.69, 9.17) is 5.73 Å². The molecule has 1 unspecified atom stereocenters. The minimum Gasteiger partial charge on any atom is -0.503 e. The summed E-state index contributed by atoms with van der Waals surface area (Å²) in [5.74, 6) is -0.651. The number of aromatic amines is 1. The van der Waals surface area contributed by atoms with Gasteiger partial charge in [-0.05, 0) is 37.6 Å². The van der Waals surface area contributed by atoms with Gasteiger partial charge in [-0.15, -0.1) is 0 Å². The van der Waals surface area contributed by atoms with Crippen LogP contribution in [-0.4, -0.2) is 55.0 Å². The normalized spacial score (nSPS) is 17.7. The second-order valence-electron chi connectivity index (χ2n) is 7.42. The van der Waals surface area contributed by atoms with Crippen LogP contribution in [0.3, 0.4) is 0 Å². The summed E-state index contributed by atoms with van der Waals surface area (Å²) in [6.45, 7) is 1.66. The molecular weight excluding hydrogens is 415 g/mol. The smallest absolute Gasteiger partial charge is 0.416 e. The number of benzene rings is 1. The Labute approximate surface area is 174 Å². The topological polar surface area (TPSA) is 133 Å². The van der Waals surface area contributed by atoms with E-state index < -0.39 is 23.4 Å². The first-order valence-corrected chi connectivity index (χ1v) is 9.59. The largest absolute Gasteiger partial charge is 0.503 e. The molecule has 3 aromatic rings. The van der Waals surface area contributed by atoms with Gasteiger partial charge >= 0.3 is 6.18 Å². The van der Waals surface area contributed by atoms with E-state index in [1.165, 1.54) is 6.07 Å². The first-order chi connectivity index (χ1) is 14.7. The predicted octanol–water partition coefficient (Wildman–Crippen LogP) is 2.05. The van der Waals surface area contributed by atoms with Gasteiger partial charge in [-0.3, -0.25) is 9.69 Å². The number of H-pyrrole nitrogens is 1. The van der Waals surface area contributed by atoms with Gasteiger partial charge in [-0.1, -0.05) is 0 Å². The third-order valence-electron chi connectivity index (χ3n) is 5.14. The molecule has 9 nitrogen and oxygen atoms in total. The average Bonchev–Trinajstić information content (AvgIpc) is 3.11. The lowest BCUT2D eigenvalue weighted by Crippen LogP contribution is -2.47. The van der Waals surface area contributed by atoms with Crippen molar-refractivity contribution < 1.29 is 23.1 Å². The molecule has 5 N–H and O–H groups in total. The Morgan fingerprint density at radius 2 is 2.16 bits per heavy atom. The molecule has 1 aliphatic rings. The van der Waals surface area contributed by atoms with Gasteiger partial charge in [-0.25, -0.2) is 15.0 Å². The molecule has 3 heterocycles. The molecule has 1 atom stereocenters. The van der Waals surface area contributed by atoms with Crippen LogP contribution in [0, 0.1) is 0 Å². The number of carbonyl (C=O) groups excluding carboxylic acids is 1. The molecule has 0 aliphatic carbocycles. The molecule has 0 radical (unpaired) electrons. The highest BCUT2D eigenvalue weighted by atomic mass is 19.4. The number of likely N-dealkylation sites (tertiary alicyclic amines) is 1. The number of nitrogen functional groups attached to an aromatic ring is 1. The van der Waals surface area contributed by atoms with Crippen molar-refractivity contribution in [3.05, 3.63) is 41.6 Å². The van der Waals surface area contributed by atoms with Gasteiger partial charge in [0.15, 0.2) is 17.3 Å². The van der Waals surface area contributed by atoms with Crippen molar-refractivity contribution in [2.45, 2.75) is 31.6 Å². The summed E-state index contributed by atoms with van der Waals surface area (Å²) >= 11 is 0. The quantitative estimate of drug-likeness (QED) is 0.493. The monoisotopic (exact) mass is 435 g/mol. The van der Waals surface area contributed by atoms with E-state index in [0.29, 0.717) is 24.4 Å². The molecule has 4 rings (SSSR count). The molecule has 164 valence electrons. The van der Waals surface area contributed by atoms with Crippen molar-refractivity contribution in [3.8, 4) is 5.75 Å². The Hall–Kier alpha value is -3.41. The molecule has 0 saturated carbocycles. The van der Waals surface area contributed by atoms with Crippen LogP contribution in [0.1, 0.15) is 34.7 Å². The lowest BCUT2D eigenvalue weighted by atomic mass is 10.1. The van der Waals surface area contributed by atoms with E-state index in [9.17, 15) is 23.1 Å². The summed E-state index contributed by atoms with van der Waals surface area (Å²) in [6, 6.07) is 3.21. The van der Waals surface area contributed by atoms with Crippen LogP contribution >= 0.6 is 0 Å². The molecular formula is C19H20F3N7O2. The number of nitrogens with one attached hydrogen (secondary N) is 2. The first kappa shape index (κ1) is 20.8. The second kappa shape index (κ2) is 8.02. The summed E-state index contributed by atoms with van der Waals surface area (Å²) in [4.78, 5) is 29.2. The average molecular weight is 435 g/mol. The summed E-state index contributed by atoms with van der Waals surface area (Å²) in [5, 5.41) is 12.7. The number of fused-ring (bicyclic) bond motifs is 1. The van der Waals surface area contributed by atoms with Gasteiger partial charge in [0, 0.05) is 12.6 Å². The molecule has 1 aromatic carbocycles. The number of hydrogen-bond donors (Lipinski definition) is 4. The molecule has 0 bridgehead atoms. The van der Waals surface area contributed by atoms with Gasteiger partial charge in [0.1, 0.15) is 12.2 Å². The number of nitrogens with zero attached hydrogens (tertiary/aromatic N) is 4. The fourth-order valence-electron chi connectivity index (χ4n) is 3.65. The van der Waals surface area contributed by atoms with E-state index in [-0.39, 0.29) is 23.1 Å². The molecule has 2 aromatic heterocycles. The van der Waals surface area contributed by atoms with Crippen LogP contribution in [0.15, 0.2) is 24.5 Å². The van der Waals surface area contributed by atoms with Gasteiger partial charge < -0.3 is 21.1 Å². The minimum atomic E-state index is -4.42. The second-order valence-corrected chi connectivity index (χ2v) is 7.42. The zero-order valence-electron chi connectivity index (χ0n) is 16.3. The fraction of sp³-hybridized carbons (Fsp3) is 0.368. The van der Waals surface area contributed by atoms with Gasteiger partial charge in [0.05, 0.1) is 23.1 Å². The van der Waals surface area contributed by atoms with Crippen LogP contribution in [0.5, 0.6) is 5.75 Å². The molecule has 0 spiro atoms. The minimum absolute atomic E-state index is 0.177. The number of halogens is 3. The third-order valence-corrected chi connectivity index (χ3v) is 5.14. The zero-order chi connectivity index (χ0) is 22.2. The summed E-state index contributed by atoms with van der Waals surface area (Å²) in [6.07, 6.45) is -1.78. The lowest BCUT2D eigenvalue weighted by molar-refractivity contribution is -0.137. The molecule has 1 fully saturated rings. The number of amides is 1. The molecule has 1 aliphatic heterocycles. The maximum Gasteiger partial charge on any atom is 0.416 e. The number of nitrogens with two attached hydrogens (primary N) is 1. The molecule has 1 saturated heterocycles. The van der Waals surface area contributed by atoms with Crippen LogP contribution in [-0.2, 0) is 12.7 Å². The van der Waals surface area contributed by atoms with Crippen LogP contribution in [0.25, 0.3) is 11.0 Å². The third kappa shape index (κ3) is 4.53. The van der Waals surface area contributed by atoms with Crippen LogP contribution < -0.4 is 11.1 Å². The summed E-state index contributed by atoms with van der Waals surface area (Å²) < 4.78 is 38.7. The van der Waals surface area contributed by atoms with Crippen molar-refractivity contribution in [1.29, 1.82) is 0 Å². The number of imidazole rings is 1. The Morgan fingerprint density at radius 1 is 1.35 bits per heavy atom. The number of hydrogen-bond acceptors (Lipinski definition) is 7. The van der Waals surface area contributed by atoms with Crippen molar-refractivity contribution in [1.82, 2.24) is 30.2 Å². The van der Waals surface area contributed by atoms with E-state index in [2.05, 4.69) is 25.3 Å². The van der Waals surface area contributed by atoms with Crippen LogP contribution in [0.2, 0.25) is 0 Å². The van der Waals surface area contributed by atoms with Crippen LogP contribution in [0.4, 0.5) is 19.0 Å². The van der Waals surface area contributed by atoms with Crippen molar-refractivity contribution in [3.63, 3.8) is 0 Å². The van der Waals surface area contributed by atoms with Crippen molar-refractivity contribution >= 4 is 22.8 Å². The van der Waals surface area contributed by atoms with Gasteiger partial charge in [-0.2, -0.15) is 13.2 Å². The number of aromatic nitrogens is 4. The fourth-order valence-corrected chi connectivity index (χ4v) is 3.65. The van der Waals surface area contributed by atoms with E-state index in [1.54, 1.807) is 0 Å². The molecule has 31 heavy (non-hydrogen) atoms.